The van der Waals surface area contributed by atoms with Gasteiger partial charge in [0.25, 0.3) is 5.91 Å². The van der Waals surface area contributed by atoms with E-state index in [1.165, 1.54) is 6.26 Å². The average Bonchev–Trinajstić information content (AvgIpc) is 2.95. The Hall–Kier alpha value is -2.31. The van der Waals surface area contributed by atoms with Gasteiger partial charge in [-0.2, -0.15) is 0 Å². The van der Waals surface area contributed by atoms with E-state index in [4.69, 9.17) is 15.0 Å². The summed E-state index contributed by atoms with van der Waals surface area (Å²) >= 11 is 0. The largest absolute Gasteiger partial charge is 0.496 e. The molecule has 0 spiro atoms. The number of carbonyl (C=O) groups is 1. The molecule has 0 unspecified atom stereocenters. The molecule has 0 aliphatic heterocycles. The Balaban J connectivity index is 2.00. The van der Waals surface area contributed by atoms with Crippen LogP contribution in [0.1, 0.15) is 21.7 Å². The molecule has 0 saturated carbocycles. The van der Waals surface area contributed by atoms with E-state index in [1.807, 2.05) is 31.3 Å². The first-order valence-electron chi connectivity index (χ1n) is 6.53. The lowest BCUT2D eigenvalue weighted by molar-refractivity contribution is 0.0953. The van der Waals surface area contributed by atoms with Gasteiger partial charge >= 0.3 is 0 Å². The highest BCUT2D eigenvalue weighted by atomic mass is 16.5. The van der Waals surface area contributed by atoms with Gasteiger partial charge in [-0.25, -0.2) is 5.84 Å². The van der Waals surface area contributed by atoms with Crippen LogP contribution in [0.25, 0.3) is 0 Å². The summed E-state index contributed by atoms with van der Waals surface area (Å²) in [6.07, 6.45) is 1.40. The molecular weight excluding hydrogens is 270 g/mol. The summed E-state index contributed by atoms with van der Waals surface area (Å²) in [5.74, 6) is 6.27. The van der Waals surface area contributed by atoms with Crippen molar-refractivity contribution in [3.63, 3.8) is 0 Å². The molecule has 0 aliphatic carbocycles. The molecule has 1 amide bonds. The zero-order valence-electron chi connectivity index (χ0n) is 12.1. The van der Waals surface area contributed by atoms with E-state index in [9.17, 15) is 4.79 Å². The molecule has 0 saturated heterocycles. The second-order valence-corrected chi connectivity index (χ2v) is 4.76. The summed E-state index contributed by atoms with van der Waals surface area (Å²) in [7, 11) is 3.63. The molecule has 21 heavy (non-hydrogen) atoms. The van der Waals surface area contributed by atoms with Crippen LogP contribution in [0.4, 0.5) is 0 Å². The number of carbonyl (C=O) groups excluding carboxylic acids is 1. The number of hydrogen-bond donors (Lipinski definition) is 2. The molecule has 2 aromatic rings. The number of amides is 1. The minimum absolute atomic E-state index is 0.364. The SMILES string of the molecule is COc1ccccc1CN(C)Cc1cc(C(=O)NN)co1. The molecule has 0 fully saturated rings. The zero-order chi connectivity index (χ0) is 15.2. The predicted octanol–water partition coefficient (Wildman–Crippen LogP) is 1.52. The maximum Gasteiger partial charge on any atom is 0.268 e. The third-order valence-corrected chi connectivity index (χ3v) is 3.11. The Labute approximate surface area is 123 Å². The fraction of sp³-hybridized carbons (Fsp3) is 0.267. The highest BCUT2D eigenvalue weighted by molar-refractivity contribution is 5.93. The van der Waals surface area contributed by atoms with Crippen molar-refractivity contribution in [3.05, 3.63) is 53.5 Å². The van der Waals surface area contributed by atoms with Crippen LogP contribution in [0, 0.1) is 0 Å². The summed E-state index contributed by atoms with van der Waals surface area (Å²) in [6.45, 7) is 1.29. The molecule has 1 aromatic heterocycles. The lowest BCUT2D eigenvalue weighted by Crippen LogP contribution is -2.29. The molecule has 2 rings (SSSR count). The molecule has 1 aromatic carbocycles. The van der Waals surface area contributed by atoms with Crippen molar-refractivity contribution in [3.8, 4) is 5.75 Å². The van der Waals surface area contributed by atoms with E-state index in [2.05, 4.69) is 10.3 Å². The second kappa shape index (κ2) is 6.92. The molecule has 6 nitrogen and oxygen atoms in total. The fourth-order valence-electron chi connectivity index (χ4n) is 2.11. The van der Waals surface area contributed by atoms with Crippen LogP contribution in [0.15, 0.2) is 41.0 Å². The van der Waals surface area contributed by atoms with Crippen LogP contribution in [-0.2, 0) is 13.1 Å². The number of nitrogen functional groups attached to an aromatic ring is 1. The van der Waals surface area contributed by atoms with Crippen molar-refractivity contribution in [2.24, 2.45) is 5.84 Å². The number of para-hydroxylation sites is 1. The summed E-state index contributed by atoms with van der Waals surface area (Å²) in [5.41, 5.74) is 3.58. The maximum absolute atomic E-state index is 11.4. The van der Waals surface area contributed by atoms with E-state index in [0.29, 0.717) is 24.4 Å². The second-order valence-electron chi connectivity index (χ2n) is 4.76. The van der Waals surface area contributed by atoms with E-state index in [0.717, 1.165) is 11.3 Å². The number of furan rings is 1. The van der Waals surface area contributed by atoms with Gasteiger partial charge in [-0.05, 0) is 19.2 Å². The zero-order valence-corrected chi connectivity index (χ0v) is 12.1. The van der Waals surface area contributed by atoms with Crippen molar-refractivity contribution in [2.75, 3.05) is 14.2 Å². The van der Waals surface area contributed by atoms with Crippen molar-refractivity contribution in [2.45, 2.75) is 13.1 Å². The number of nitrogens with two attached hydrogens (primary N) is 1. The van der Waals surface area contributed by atoms with Crippen LogP contribution in [0.5, 0.6) is 5.75 Å². The average molecular weight is 289 g/mol. The topological polar surface area (TPSA) is 80.7 Å². The molecule has 0 aliphatic rings. The van der Waals surface area contributed by atoms with Crippen molar-refractivity contribution in [1.82, 2.24) is 10.3 Å². The van der Waals surface area contributed by atoms with Gasteiger partial charge < -0.3 is 9.15 Å². The van der Waals surface area contributed by atoms with Crippen LogP contribution in [-0.4, -0.2) is 25.0 Å². The Kier molecular flexibility index (Phi) is 4.97. The molecule has 6 heteroatoms. The van der Waals surface area contributed by atoms with Gasteiger partial charge in [-0.1, -0.05) is 18.2 Å². The van der Waals surface area contributed by atoms with Crippen molar-refractivity contribution >= 4 is 5.91 Å². The normalized spacial score (nSPS) is 10.7. The lowest BCUT2D eigenvalue weighted by Gasteiger charge is -2.17. The summed E-state index contributed by atoms with van der Waals surface area (Å²) in [4.78, 5) is 13.4. The van der Waals surface area contributed by atoms with Gasteiger partial charge in [-0.3, -0.25) is 15.1 Å². The quantitative estimate of drug-likeness (QED) is 0.479. The first-order valence-corrected chi connectivity index (χ1v) is 6.53. The van der Waals surface area contributed by atoms with Gasteiger partial charge in [-0.15, -0.1) is 0 Å². The molecule has 1 heterocycles. The molecule has 112 valence electrons. The van der Waals surface area contributed by atoms with Crippen molar-refractivity contribution in [1.29, 1.82) is 0 Å². The van der Waals surface area contributed by atoms with Crippen LogP contribution in [0.2, 0.25) is 0 Å². The van der Waals surface area contributed by atoms with Gasteiger partial charge in [0.2, 0.25) is 0 Å². The molecular formula is C15H19N3O3. The Bertz CT molecular complexity index is 610. The number of benzene rings is 1. The highest BCUT2D eigenvalue weighted by Crippen LogP contribution is 2.20. The number of hydrazine groups is 1. The van der Waals surface area contributed by atoms with Crippen molar-refractivity contribution < 1.29 is 13.9 Å². The monoisotopic (exact) mass is 289 g/mol. The van der Waals surface area contributed by atoms with E-state index in [-0.39, 0.29) is 5.91 Å². The van der Waals surface area contributed by atoms with Gasteiger partial charge in [0.05, 0.1) is 19.2 Å². The first kappa shape index (κ1) is 15.1. The minimum atomic E-state index is -0.364. The highest BCUT2D eigenvalue weighted by Gasteiger charge is 2.11. The standard InChI is InChI=1S/C15H19N3O3/c1-18(8-11-5-3-4-6-14(11)20-2)9-13-7-12(10-21-13)15(19)17-16/h3-7,10H,8-9,16H2,1-2H3,(H,17,19). The number of hydrogen-bond acceptors (Lipinski definition) is 5. The number of methoxy groups -OCH3 is 1. The van der Waals surface area contributed by atoms with E-state index in [1.54, 1.807) is 13.2 Å². The maximum atomic E-state index is 11.4. The fourth-order valence-corrected chi connectivity index (χ4v) is 2.11. The molecule has 0 radical (unpaired) electrons. The molecule has 3 N–H and O–H groups in total. The number of ether oxygens (including phenoxy) is 1. The first-order chi connectivity index (χ1) is 10.1. The van der Waals surface area contributed by atoms with E-state index < -0.39 is 0 Å². The van der Waals surface area contributed by atoms with Crippen LogP contribution < -0.4 is 16.0 Å². The molecule has 0 bridgehead atoms. The minimum Gasteiger partial charge on any atom is -0.496 e. The number of nitrogens with zero attached hydrogens (tertiary/aromatic N) is 1. The molecule has 0 atom stereocenters. The smallest absolute Gasteiger partial charge is 0.268 e. The Morgan fingerprint density at radius 1 is 1.38 bits per heavy atom. The third kappa shape index (κ3) is 3.84. The number of rotatable bonds is 6. The van der Waals surface area contributed by atoms with E-state index >= 15 is 0 Å². The van der Waals surface area contributed by atoms with Gasteiger partial charge in [0.15, 0.2) is 0 Å². The summed E-state index contributed by atoms with van der Waals surface area (Å²) in [6, 6.07) is 9.54. The lowest BCUT2D eigenvalue weighted by atomic mass is 10.2. The Morgan fingerprint density at radius 2 is 2.14 bits per heavy atom. The summed E-state index contributed by atoms with van der Waals surface area (Å²) < 4.78 is 10.7. The third-order valence-electron chi connectivity index (χ3n) is 3.11. The van der Waals surface area contributed by atoms with Gasteiger partial charge in [0.1, 0.15) is 17.8 Å². The Morgan fingerprint density at radius 3 is 2.86 bits per heavy atom. The number of nitrogens with one attached hydrogen (secondary N) is 1. The predicted molar refractivity (Wildman–Crippen MR) is 78.5 cm³/mol. The van der Waals surface area contributed by atoms with Crippen LogP contribution in [0.3, 0.4) is 0 Å². The van der Waals surface area contributed by atoms with Crippen LogP contribution >= 0.6 is 0 Å². The summed E-state index contributed by atoms with van der Waals surface area (Å²) in [5, 5.41) is 0. The van der Waals surface area contributed by atoms with Gasteiger partial charge in [0, 0.05) is 12.1 Å².